The van der Waals surface area contributed by atoms with E-state index in [0.29, 0.717) is 46.2 Å². The molecule has 31 heavy (non-hydrogen) atoms. The van der Waals surface area contributed by atoms with E-state index in [-0.39, 0.29) is 17.6 Å². The van der Waals surface area contributed by atoms with Crippen molar-refractivity contribution in [3.63, 3.8) is 0 Å². The van der Waals surface area contributed by atoms with E-state index in [1.54, 1.807) is 47.6 Å². The number of ketones is 1. The molecule has 0 saturated heterocycles. The van der Waals surface area contributed by atoms with E-state index >= 15 is 0 Å². The third-order valence-electron chi connectivity index (χ3n) is 5.48. The van der Waals surface area contributed by atoms with E-state index in [2.05, 4.69) is 0 Å². The molecule has 0 saturated carbocycles. The third-order valence-corrected chi connectivity index (χ3v) is 5.81. The summed E-state index contributed by atoms with van der Waals surface area (Å²) >= 11 is 6.26. The number of amides is 1. The second-order valence-electron chi connectivity index (χ2n) is 8.04. The first-order valence-electron chi connectivity index (χ1n) is 10.4. The second-order valence-corrected chi connectivity index (χ2v) is 8.45. The molecule has 0 fully saturated rings. The van der Waals surface area contributed by atoms with Gasteiger partial charge in [-0.05, 0) is 51.3 Å². The first-order valence-corrected chi connectivity index (χ1v) is 10.8. The number of carbonyl (C=O) groups is 3. The molecule has 1 unspecified atom stereocenters. The predicted molar refractivity (Wildman–Crippen MR) is 122 cm³/mol. The molecule has 0 aliphatic rings. The lowest BCUT2D eigenvalue weighted by Crippen LogP contribution is -2.45. The van der Waals surface area contributed by atoms with Gasteiger partial charge in [-0.1, -0.05) is 37.6 Å². The minimum atomic E-state index is -0.734. The highest BCUT2D eigenvalue weighted by atomic mass is 35.5. The molecule has 1 amide bonds. The summed E-state index contributed by atoms with van der Waals surface area (Å²) in [5, 5.41) is 0.346. The summed E-state index contributed by atoms with van der Waals surface area (Å²) in [6.45, 7) is 12.1. The lowest BCUT2D eigenvalue weighted by Gasteiger charge is -2.30. The monoisotopic (exact) mass is 446 g/mol. The number of esters is 1. The van der Waals surface area contributed by atoms with E-state index < -0.39 is 12.0 Å². The minimum absolute atomic E-state index is 0.148. The van der Waals surface area contributed by atoms with Crippen molar-refractivity contribution < 1.29 is 19.1 Å². The Morgan fingerprint density at radius 2 is 1.74 bits per heavy atom. The number of hydrogen-bond acceptors (Lipinski definition) is 4. The highest BCUT2D eigenvalue weighted by molar-refractivity contribution is 6.33. The van der Waals surface area contributed by atoms with Gasteiger partial charge >= 0.3 is 5.97 Å². The maximum atomic E-state index is 13.6. The predicted octanol–water partition coefficient (Wildman–Crippen LogP) is 4.93. The van der Waals surface area contributed by atoms with Crippen LogP contribution in [0.2, 0.25) is 5.02 Å². The molecule has 1 atom stereocenters. The Morgan fingerprint density at radius 3 is 2.26 bits per heavy atom. The summed E-state index contributed by atoms with van der Waals surface area (Å²) < 4.78 is 6.71. The van der Waals surface area contributed by atoms with Crippen LogP contribution in [-0.4, -0.2) is 46.8 Å². The number of ether oxygens (including phenoxy) is 1. The molecule has 0 aliphatic carbocycles. The average molecular weight is 447 g/mol. The molecule has 7 heteroatoms. The van der Waals surface area contributed by atoms with Crippen LogP contribution in [0.25, 0.3) is 0 Å². The molecule has 0 bridgehead atoms. The number of rotatable bonds is 8. The number of benzene rings is 1. The normalized spacial score (nSPS) is 12.0. The molecule has 1 heterocycles. The van der Waals surface area contributed by atoms with E-state index in [9.17, 15) is 14.4 Å². The average Bonchev–Trinajstić information content (AvgIpc) is 2.99. The van der Waals surface area contributed by atoms with Crippen molar-refractivity contribution in [3.8, 4) is 0 Å². The Hall–Kier alpha value is -2.60. The van der Waals surface area contributed by atoms with Crippen LogP contribution in [0.3, 0.4) is 0 Å². The number of halogens is 1. The molecular weight excluding hydrogens is 416 g/mol. The van der Waals surface area contributed by atoms with Gasteiger partial charge in [0.1, 0.15) is 5.69 Å². The van der Waals surface area contributed by atoms with Crippen molar-refractivity contribution in [3.05, 3.63) is 57.4 Å². The lowest BCUT2D eigenvalue weighted by atomic mass is 9.98. The van der Waals surface area contributed by atoms with Crippen LogP contribution in [0.15, 0.2) is 24.3 Å². The van der Waals surface area contributed by atoms with Crippen molar-refractivity contribution in [2.24, 2.45) is 5.92 Å². The molecular formula is C24H31ClN2O4. The van der Waals surface area contributed by atoms with E-state index in [1.165, 1.54) is 7.11 Å². The molecule has 0 N–H and O–H groups in total. The molecule has 1 aromatic heterocycles. The van der Waals surface area contributed by atoms with E-state index in [1.807, 2.05) is 27.7 Å². The fourth-order valence-corrected chi connectivity index (χ4v) is 4.18. The molecule has 168 valence electrons. The van der Waals surface area contributed by atoms with Crippen molar-refractivity contribution in [2.45, 2.75) is 54.1 Å². The third kappa shape index (κ3) is 4.85. The number of nitrogens with zero attached hydrogens (tertiary/aromatic N) is 2. The lowest BCUT2D eigenvalue weighted by molar-refractivity contribution is 0.0586. The van der Waals surface area contributed by atoms with Crippen molar-refractivity contribution in [1.29, 1.82) is 0 Å². The Kier molecular flexibility index (Phi) is 8.07. The number of carbonyl (C=O) groups excluding carboxylic acids is 3. The Morgan fingerprint density at radius 1 is 1.13 bits per heavy atom. The summed E-state index contributed by atoms with van der Waals surface area (Å²) in [4.78, 5) is 40.9. The molecule has 0 radical (unpaired) electrons. The van der Waals surface area contributed by atoms with Crippen LogP contribution in [0.1, 0.15) is 70.2 Å². The quantitative estimate of drug-likeness (QED) is 0.425. The first-order chi connectivity index (χ1) is 14.6. The fraction of sp³-hybridized carbons (Fsp3) is 0.458. The van der Waals surface area contributed by atoms with Crippen LogP contribution in [-0.2, 0) is 11.3 Å². The van der Waals surface area contributed by atoms with Gasteiger partial charge in [0, 0.05) is 24.3 Å². The van der Waals surface area contributed by atoms with Gasteiger partial charge in [-0.3, -0.25) is 9.59 Å². The number of Topliss-reactive ketones (excluding diaryl/α,β-unsaturated/α-hetero) is 1. The van der Waals surface area contributed by atoms with E-state index in [0.717, 1.165) is 0 Å². The number of methoxy groups -OCH3 is 1. The molecule has 1 aromatic carbocycles. The number of aromatic nitrogens is 1. The van der Waals surface area contributed by atoms with Crippen molar-refractivity contribution in [2.75, 3.05) is 13.7 Å². The van der Waals surface area contributed by atoms with Gasteiger partial charge in [0.15, 0.2) is 5.78 Å². The van der Waals surface area contributed by atoms with Gasteiger partial charge in [-0.15, -0.1) is 0 Å². The van der Waals surface area contributed by atoms with E-state index in [4.69, 9.17) is 16.3 Å². The molecule has 0 spiro atoms. The Labute approximate surface area is 189 Å². The SMILES string of the molecule is CCn1c(C)c(C(=O)C(C)N(CC(C)C)C(=O)c2ccccc2Cl)c(C)c1C(=O)OC. The van der Waals surface area contributed by atoms with Gasteiger partial charge in [-0.2, -0.15) is 0 Å². The minimum Gasteiger partial charge on any atom is -0.464 e. The second kappa shape index (κ2) is 10.1. The first kappa shape index (κ1) is 24.7. The highest BCUT2D eigenvalue weighted by Gasteiger charge is 2.33. The van der Waals surface area contributed by atoms with Gasteiger partial charge in [0.2, 0.25) is 0 Å². The molecule has 0 aliphatic heterocycles. The molecule has 2 rings (SSSR count). The van der Waals surface area contributed by atoms with Crippen LogP contribution < -0.4 is 0 Å². The largest absolute Gasteiger partial charge is 0.464 e. The van der Waals surface area contributed by atoms with Crippen molar-refractivity contribution in [1.82, 2.24) is 9.47 Å². The van der Waals surface area contributed by atoms with Crippen molar-refractivity contribution >= 4 is 29.3 Å². The molecule has 2 aromatic rings. The summed E-state index contributed by atoms with van der Waals surface area (Å²) in [7, 11) is 1.32. The zero-order chi connectivity index (χ0) is 23.5. The van der Waals surface area contributed by atoms with Gasteiger partial charge < -0.3 is 14.2 Å². The summed E-state index contributed by atoms with van der Waals surface area (Å²) in [6.07, 6.45) is 0. The standard InChI is InChI=1S/C24H31ClN2O4/c1-8-26-16(5)20(15(4)21(26)24(30)31-7)22(28)17(6)27(13-14(2)3)23(29)18-11-9-10-12-19(18)25/h9-12,14,17H,8,13H2,1-7H3. The summed E-state index contributed by atoms with van der Waals surface area (Å²) in [5.41, 5.74) is 2.44. The van der Waals surface area contributed by atoms with Crippen LogP contribution in [0.5, 0.6) is 0 Å². The van der Waals surface area contributed by atoms with Crippen LogP contribution in [0.4, 0.5) is 0 Å². The Bertz CT molecular complexity index is 994. The smallest absolute Gasteiger partial charge is 0.354 e. The maximum absolute atomic E-state index is 13.6. The molecule has 6 nitrogen and oxygen atoms in total. The van der Waals surface area contributed by atoms with Crippen LogP contribution >= 0.6 is 11.6 Å². The van der Waals surface area contributed by atoms with Gasteiger partial charge in [0.25, 0.3) is 5.91 Å². The zero-order valence-corrected chi connectivity index (χ0v) is 20.0. The van der Waals surface area contributed by atoms with Gasteiger partial charge in [-0.25, -0.2) is 4.79 Å². The van der Waals surface area contributed by atoms with Crippen LogP contribution in [0, 0.1) is 19.8 Å². The zero-order valence-electron chi connectivity index (χ0n) is 19.3. The fourth-order valence-electron chi connectivity index (χ4n) is 3.96. The summed E-state index contributed by atoms with van der Waals surface area (Å²) in [6, 6.07) is 6.09. The number of hydrogen-bond donors (Lipinski definition) is 0. The van der Waals surface area contributed by atoms with Gasteiger partial charge in [0.05, 0.1) is 23.7 Å². The topological polar surface area (TPSA) is 68.6 Å². The Balaban J connectivity index is 2.54. The maximum Gasteiger partial charge on any atom is 0.354 e. The highest BCUT2D eigenvalue weighted by Crippen LogP contribution is 2.27. The summed E-state index contributed by atoms with van der Waals surface area (Å²) in [5.74, 6) is -0.845.